The highest BCUT2D eigenvalue weighted by Gasteiger charge is 2.50. The fourth-order valence-electron chi connectivity index (χ4n) is 3.83. The Morgan fingerprint density at radius 2 is 1.91 bits per heavy atom. The Hall–Kier alpha value is -1.88. The molecule has 1 N–H and O–H groups in total. The van der Waals surface area contributed by atoms with Gasteiger partial charge in [-0.3, -0.25) is 9.59 Å². The number of benzene rings is 1. The summed E-state index contributed by atoms with van der Waals surface area (Å²) in [7, 11) is 1.88. The zero-order chi connectivity index (χ0) is 15.7. The third-order valence-corrected chi connectivity index (χ3v) is 5.31. The van der Waals surface area contributed by atoms with Gasteiger partial charge in [0, 0.05) is 25.7 Å². The maximum atomic E-state index is 12.7. The van der Waals surface area contributed by atoms with Gasteiger partial charge in [0.25, 0.3) is 0 Å². The first-order valence-corrected chi connectivity index (χ1v) is 7.79. The normalized spacial score (nSPS) is 24.1. The highest BCUT2D eigenvalue weighted by molar-refractivity contribution is 5.87. The van der Waals surface area contributed by atoms with Crippen molar-refractivity contribution < 1.29 is 14.7 Å². The number of carbonyl (C=O) groups is 2. The summed E-state index contributed by atoms with van der Waals surface area (Å²) >= 11 is 0. The van der Waals surface area contributed by atoms with Crippen LogP contribution in [-0.2, 0) is 9.59 Å². The average molecular weight is 302 g/mol. The minimum atomic E-state index is -0.436. The van der Waals surface area contributed by atoms with E-state index in [1.54, 1.807) is 4.90 Å². The molecule has 5 nitrogen and oxygen atoms in total. The minimum absolute atomic E-state index is 0.0775. The van der Waals surface area contributed by atoms with Gasteiger partial charge in [0.15, 0.2) is 0 Å². The molecule has 1 atom stereocenters. The molecule has 2 aliphatic rings. The lowest BCUT2D eigenvalue weighted by molar-refractivity contribution is -0.138. The topological polar surface area (TPSA) is 60.9 Å². The zero-order valence-electron chi connectivity index (χ0n) is 12.9. The lowest BCUT2D eigenvalue weighted by Gasteiger charge is -2.43. The van der Waals surface area contributed by atoms with E-state index >= 15 is 0 Å². The number of carbonyl (C=O) groups excluding carboxylic acids is 2. The summed E-state index contributed by atoms with van der Waals surface area (Å²) in [6.07, 6.45) is 2.38. The molecule has 5 heteroatoms. The van der Waals surface area contributed by atoms with Gasteiger partial charge in [-0.1, -0.05) is 30.3 Å². The zero-order valence-corrected chi connectivity index (χ0v) is 12.9. The first-order valence-electron chi connectivity index (χ1n) is 7.79. The summed E-state index contributed by atoms with van der Waals surface area (Å²) in [4.78, 5) is 27.8. The molecule has 0 unspecified atom stereocenters. The molecule has 2 fully saturated rings. The Balaban J connectivity index is 1.76. The van der Waals surface area contributed by atoms with Crippen molar-refractivity contribution in [2.24, 2.45) is 0 Å². The molecule has 1 aromatic carbocycles. The number of likely N-dealkylation sites (N-methyl/N-ethyl adjacent to an activating group) is 1. The van der Waals surface area contributed by atoms with Crippen molar-refractivity contribution in [2.75, 3.05) is 26.7 Å². The van der Waals surface area contributed by atoms with Crippen molar-refractivity contribution in [3.05, 3.63) is 35.9 Å². The number of aliphatic hydroxyl groups excluding tert-OH is 1. The Morgan fingerprint density at radius 3 is 2.50 bits per heavy atom. The van der Waals surface area contributed by atoms with Crippen LogP contribution in [0.15, 0.2) is 30.3 Å². The molecule has 2 amide bonds. The first-order chi connectivity index (χ1) is 10.6. The second kappa shape index (κ2) is 5.72. The van der Waals surface area contributed by atoms with Gasteiger partial charge in [-0.05, 0) is 24.8 Å². The van der Waals surface area contributed by atoms with E-state index in [4.69, 9.17) is 5.11 Å². The van der Waals surface area contributed by atoms with Crippen LogP contribution in [0.4, 0.5) is 0 Å². The Kier molecular flexibility index (Phi) is 3.91. The first kappa shape index (κ1) is 15.0. The van der Waals surface area contributed by atoms with Gasteiger partial charge < -0.3 is 14.9 Å². The molecule has 0 bridgehead atoms. The van der Waals surface area contributed by atoms with Crippen LogP contribution >= 0.6 is 0 Å². The second-order valence-electron chi connectivity index (χ2n) is 6.33. The fourth-order valence-corrected chi connectivity index (χ4v) is 3.83. The molecule has 22 heavy (non-hydrogen) atoms. The average Bonchev–Trinajstić information content (AvgIpc) is 2.81. The van der Waals surface area contributed by atoms with Gasteiger partial charge in [-0.25, -0.2) is 0 Å². The van der Waals surface area contributed by atoms with Crippen LogP contribution in [0.2, 0.25) is 0 Å². The lowest BCUT2D eigenvalue weighted by Crippen LogP contribution is -2.53. The van der Waals surface area contributed by atoms with Crippen molar-refractivity contribution in [3.8, 4) is 0 Å². The molecule has 118 valence electrons. The number of hydrogen-bond donors (Lipinski definition) is 1. The quantitative estimate of drug-likeness (QED) is 0.886. The van der Waals surface area contributed by atoms with Gasteiger partial charge in [0.05, 0.1) is 5.92 Å². The molecular weight excluding hydrogens is 280 g/mol. The van der Waals surface area contributed by atoms with Gasteiger partial charge >= 0.3 is 0 Å². The van der Waals surface area contributed by atoms with Gasteiger partial charge in [0.2, 0.25) is 11.8 Å². The monoisotopic (exact) mass is 302 g/mol. The Morgan fingerprint density at radius 1 is 1.27 bits per heavy atom. The highest BCUT2D eigenvalue weighted by atomic mass is 16.3. The number of rotatable bonds is 2. The molecule has 0 saturated carbocycles. The standard InChI is InChI=1S/C17H22N2O3/c1-18-16(22)14(13-5-3-2-4-6-13)11-17(18)7-9-19(10-8-17)15(21)12-20/h2-6,14,20H,7-12H2,1H3/t14-/m0/s1. The van der Waals surface area contributed by atoms with Crippen molar-refractivity contribution in [3.63, 3.8) is 0 Å². The van der Waals surface area contributed by atoms with E-state index in [0.717, 1.165) is 24.8 Å². The fraction of sp³-hybridized carbons (Fsp3) is 0.529. The molecular formula is C17H22N2O3. The van der Waals surface area contributed by atoms with Crippen LogP contribution in [0.25, 0.3) is 0 Å². The van der Waals surface area contributed by atoms with E-state index in [2.05, 4.69) is 0 Å². The van der Waals surface area contributed by atoms with Crippen molar-refractivity contribution >= 4 is 11.8 Å². The SMILES string of the molecule is CN1C(=O)[C@H](c2ccccc2)CC12CCN(C(=O)CO)CC2. The van der Waals surface area contributed by atoms with Gasteiger partial charge in [-0.15, -0.1) is 0 Å². The second-order valence-corrected chi connectivity index (χ2v) is 6.33. The van der Waals surface area contributed by atoms with E-state index < -0.39 is 6.61 Å². The Bertz CT molecular complexity index is 565. The number of piperidine rings is 1. The van der Waals surface area contributed by atoms with Gasteiger partial charge in [-0.2, -0.15) is 0 Å². The molecule has 3 rings (SSSR count). The molecule has 2 heterocycles. The molecule has 1 spiro atoms. The summed E-state index contributed by atoms with van der Waals surface area (Å²) in [5, 5.41) is 8.97. The van der Waals surface area contributed by atoms with E-state index in [1.165, 1.54) is 0 Å². The predicted octanol–water partition coefficient (Wildman–Crippen LogP) is 0.986. The summed E-state index contributed by atoms with van der Waals surface area (Å²) in [5.74, 6) is -0.124. The molecule has 2 saturated heterocycles. The summed E-state index contributed by atoms with van der Waals surface area (Å²) < 4.78 is 0. The molecule has 1 aromatic rings. The molecule has 2 aliphatic heterocycles. The number of amides is 2. The largest absolute Gasteiger partial charge is 0.387 e. The van der Waals surface area contributed by atoms with Crippen LogP contribution in [-0.4, -0.2) is 59.0 Å². The summed E-state index contributed by atoms with van der Waals surface area (Å²) in [6, 6.07) is 9.92. The van der Waals surface area contributed by atoms with Crippen LogP contribution in [0.3, 0.4) is 0 Å². The predicted molar refractivity (Wildman–Crippen MR) is 82.2 cm³/mol. The van der Waals surface area contributed by atoms with Crippen LogP contribution in [0.5, 0.6) is 0 Å². The van der Waals surface area contributed by atoms with Crippen LogP contribution < -0.4 is 0 Å². The van der Waals surface area contributed by atoms with Crippen LogP contribution in [0, 0.1) is 0 Å². The Labute approximate surface area is 130 Å². The number of aliphatic hydroxyl groups is 1. The van der Waals surface area contributed by atoms with E-state index in [-0.39, 0.29) is 23.3 Å². The van der Waals surface area contributed by atoms with Crippen LogP contribution in [0.1, 0.15) is 30.7 Å². The van der Waals surface area contributed by atoms with Crippen molar-refractivity contribution in [1.82, 2.24) is 9.80 Å². The van der Waals surface area contributed by atoms with Crippen molar-refractivity contribution in [2.45, 2.75) is 30.7 Å². The number of likely N-dealkylation sites (tertiary alicyclic amines) is 2. The van der Waals surface area contributed by atoms with Crippen molar-refractivity contribution in [1.29, 1.82) is 0 Å². The van der Waals surface area contributed by atoms with E-state index in [0.29, 0.717) is 13.1 Å². The van der Waals surface area contributed by atoms with E-state index in [9.17, 15) is 9.59 Å². The summed E-state index contributed by atoms with van der Waals surface area (Å²) in [5.41, 5.74) is 0.925. The third-order valence-electron chi connectivity index (χ3n) is 5.31. The number of hydrogen-bond acceptors (Lipinski definition) is 3. The van der Waals surface area contributed by atoms with Gasteiger partial charge in [0.1, 0.15) is 6.61 Å². The maximum Gasteiger partial charge on any atom is 0.248 e. The lowest BCUT2D eigenvalue weighted by atomic mass is 9.81. The third kappa shape index (κ3) is 2.39. The maximum absolute atomic E-state index is 12.7. The number of nitrogens with zero attached hydrogens (tertiary/aromatic N) is 2. The highest BCUT2D eigenvalue weighted by Crippen LogP contribution is 2.44. The smallest absolute Gasteiger partial charge is 0.248 e. The molecule has 0 radical (unpaired) electrons. The summed E-state index contributed by atoms with van der Waals surface area (Å²) in [6.45, 7) is 0.783. The minimum Gasteiger partial charge on any atom is -0.387 e. The molecule has 0 aliphatic carbocycles. The van der Waals surface area contributed by atoms with E-state index in [1.807, 2.05) is 42.3 Å². The molecule has 0 aromatic heterocycles.